The number of methoxy groups -OCH3 is 1. The minimum absolute atomic E-state index is 0.327. The first-order valence-electron chi connectivity index (χ1n) is 9.54. The van der Waals surface area contributed by atoms with Crippen LogP contribution in [-0.2, 0) is 14.3 Å². The Morgan fingerprint density at radius 3 is 2.39 bits per heavy atom. The maximum atomic E-state index is 13.0. The van der Waals surface area contributed by atoms with E-state index in [9.17, 15) is 9.59 Å². The van der Waals surface area contributed by atoms with Gasteiger partial charge in [0.05, 0.1) is 12.8 Å². The van der Waals surface area contributed by atoms with Crippen molar-refractivity contribution in [2.24, 2.45) is 0 Å². The first kappa shape index (κ1) is 22.4. The lowest BCUT2D eigenvalue weighted by molar-refractivity contribution is -0.156. The average Bonchev–Trinajstić information content (AvgIpc) is 2.78. The van der Waals surface area contributed by atoms with Crippen LogP contribution >= 0.6 is 15.9 Å². The minimum atomic E-state index is -1.15. The highest BCUT2D eigenvalue weighted by atomic mass is 79.9. The van der Waals surface area contributed by atoms with Gasteiger partial charge >= 0.3 is 5.97 Å². The molecule has 0 radical (unpaired) electrons. The summed E-state index contributed by atoms with van der Waals surface area (Å²) in [5, 5.41) is 2.80. The Labute approximate surface area is 189 Å². The first-order chi connectivity index (χ1) is 15.0. The minimum Gasteiger partial charge on any atom is -0.495 e. The molecule has 0 heterocycles. The molecule has 1 N–H and O–H groups in total. The smallest absolute Gasteiger partial charge is 0.345 e. The van der Waals surface area contributed by atoms with E-state index in [1.165, 1.54) is 7.11 Å². The lowest BCUT2D eigenvalue weighted by Crippen LogP contribution is -2.28. The van der Waals surface area contributed by atoms with Gasteiger partial charge in [0.1, 0.15) is 11.5 Å². The number of nitrogens with one attached hydrogen (secondary N) is 1. The Balaban J connectivity index is 1.74. The van der Waals surface area contributed by atoms with Crippen molar-refractivity contribution >= 4 is 33.5 Å². The lowest BCUT2D eigenvalue weighted by Gasteiger charge is -2.19. The SMILES string of the molecule is COc1ccc(C)cc1NC(=O)C(OC(=O)COc1ccc(Br)cc1)c1ccccc1. The van der Waals surface area contributed by atoms with E-state index >= 15 is 0 Å². The maximum absolute atomic E-state index is 13.0. The highest BCUT2D eigenvalue weighted by Crippen LogP contribution is 2.28. The quantitative estimate of drug-likeness (QED) is 0.452. The summed E-state index contributed by atoms with van der Waals surface area (Å²) in [6, 6.07) is 21.3. The van der Waals surface area contributed by atoms with Crippen molar-refractivity contribution < 1.29 is 23.8 Å². The molecule has 6 nitrogen and oxygen atoms in total. The van der Waals surface area contributed by atoms with Gasteiger partial charge < -0.3 is 19.5 Å². The fourth-order valence-corrected chi connectivity index (χ4v) is 3.12. The summed E-state index contributed by atoms with van der Waals surface area (Å²) < 4.78 is 17.2. The van der Waals surface area contributed by atoms with Crippen LogP contribution in [0.3, 0.4) is 0 Å². The third-order valence-electron chi connectivity index (χ3n) is 4.37. The van der Waals surface area contributed by atoms with Crippen LogP contribution < -0.4 is 14.8 Å². The third-order valence-corrected chi connectivity index (χ3v) is 4.90. The highest BCUT2D eigenvalue weighted by Gasteiger charge is 2.26. The molecule has 160 valence electrons. The number of anilines is 1. The van der Waals surface area contributed by atoms with E-state index in [2.05, 4.69) is 21.2 Å². The van der Waals surface area contributed by atoms with E-state index in [0.29, 0.717) is 22.7 Å². The molecule has 0 aliphatic carbocycles. The molecule has 0 aliphatic heterocycles. The van der Waals surface area contributed by atoms with Crippen molar-refractivity contribution in [1.29, 1.82) is 0 Å². The van der Waals surface area contributed by atoms with Crippen LogP contribution in [0.1, 0.15) is 17.2 Å². The maximum Gasteiger partial charge on any atom is 0.345 e. The second-order valence-corrected chi connectivity index (χ2v) is 7.63. The number of hydrogen-bond acceptors (Lipinski definition) is 5. The molecule has 0 spiro atoms. The van der Waals surface area contributed by atoms with E-state index in [4.69, 9.17) is 14.2 Å². The summed E-state index contributed by atoms with van der Waals surface area (Å²) in [6.45, 7) is 1.58. The van der Waals surface area contributed by atoms with Gasteiger partial charge in [-0.05, 0) is 48.9 Å². The fraction of sp³-hybridized carbons (Fsp3) is 0.167. The Hall–Kier alpha value is -3.32. The molecule has 0 fully saturated rings. The molecule has 31 heavy (non-hydrogen) atoms. The standard InChI is InChI=1S/C24H22BrNO5/c1-16-8-13-21(29-2)20(14-16)26-24(28)23(17-6-4-3-5-7-17)31-22(27)15-30-19-11-9-18(25)10-12-19/h3-14,23H,15H2,1-2H3,(H,26,28). The second kappa shape index (κ2) is 10.6. The second-order valence-electron chi connectivity index (χ2n) is 6.72. The Morgan fingerprint density at radius 1 is 1.00 bits per heavy atom. The van der Waals surface area contributed by atoms with Crippen molar-refractivity contribution in [3.63, 3.8) is 0 Å². The number of ether oxygens (including phenoxy) is 3. The van der Waals surface area contributed by atoms with Gasteiger partial charge in [0.2, 0.25) is 6.10 Å². The van der Waals surface area contributed by atoms with E-state index in [1.54, 1.807) is 60.7 Å². The summed E-state index contributed by atoms with van der Waals surface area (Å²) in [6.07, 6.45) is -1.15. The molecule has 1 atom stereocenters. The molecular weight excluding hydrogens is 462 g/mol. The van der Waals surface area contributed by atoms with Gasteiger partial charge in [-0.25, -0.2) is 4.79 Å². The third kappa shape index (κ3) is 6.33. The predicted octanol–water partition coefficient (Wildman–Crippen LogP) is 5.07. The van der Waals surface area contributed by atoms with E-state index in [-0.39, 0.29) is 6.61 Å². The molecule has 1 unspecified atom stereocenters. The summed E-state index contributed by atoms with van der Waals surface area (Å²) in [5.41, 5.74) is 1.99. The molecule has 3 aromatic carbocycles. The summed E-state index contributed by atoms with van der Waals surface area (Å²) in [5.74, 6) is -0.128. The van der Waals surface area contributed by atoms with Crippen molar-refractivity contribution in [3.05, 3.63) is 88.4 Å². The number of hydrogen-bond donors (Lipinski definition) is 1. The molecule has 3 rings (SSSR count). The number of amides is 1. The van der Waals surface area contributed by atoms with Crippen LogP contribution in [-0.4, -0.2) is 25.6 Å². The van der Waals surface area contributed by atoms with Gasteiger partial charge in [-0.15, -0.1) is 0 Å². The van der Waals surface area contributed by atoms with Crippen LogP contribution in [0.2, 0.25) is 0 Å². The number of carbonyl (C=O) groups excluding carboxylic acids is 2. The van der Waals surface area contributed by atoms with Gasteiger partial charge in [-0.3, -0.25) is 4.79 Å². The lowest BCUT2D eigenvalue weighted by atomic mass is 10.1. The number of esters is 1. The monoisotopic (exact) mass is 483 g/mol. The number of rotatable bonds is 8. The molecule has 0 aliphatic rings. The van der Waals surface area contributed by atoms with Gasteiger partial charge in [-0.2, -0.15) is 0 Å². The van der Waals surface area contributed by atoms with Crippen molar-refractivity contribution in [2.75, 3.05) is 19.0 Å². The van der Waals surface area contributed by atoms with E-state index in [0.717, 1.165) is 10.0 Å². The number of carbonyl (C=O) groups is 2. The molecule has 7 heteroatoms. The largest absolute Gasteiger partial charge is 0.495 e. The van der Waals surface area contributed by atoms with Gasteiger partial charge in [-0.1, -0.05) is 52.3 Å². The van der Waals surface area contributed by atoms with Crippen LogP contribution in [0.25, 0.3) is 0 Å². The van der Waals surface area contributed by atoms with Gasteiger partial charge in [0, 0.05) is 10.0 Å². The van der Waals surface area contributed by atoms with Crippen molar-refractivity contribution in [2.45, 2.75) is 13.0 Å². The van der Waals surface area contributed by atoms with Crippen LogP contribution in [0.5, 0.6) is 11.5 Å². The highest BCUT2D eigenvalue weighted by molar-refractivity contribution is 9.10. The predicted molar refractivity (Wildman–Crippen MR) is 121 cm³/mol. The summed E-state index contributed by atoms with van der Waals surface area (Å²) in [7, 11) is 1.52. The van der Waals surface area contributed by atoms with Gasteiger partial charge in [0.25, 0.3) is 5.91 Å². The first-order valence-corrected chi connectivity index (χ1v) is 10.3. The van der Waals surface area contributed by atoms with E-state index in [1.807, 2.05) is 19.1 Å². The molecular formula is C24H22BrNO5. The number of benzene rings is 3. The topological polar surface area (TPSA) is 73.9 Å². The van der Waals surface area contributed by atoms with Gasteiger partial charge in [0.15, 0.2) is 6.61 Å². The van der Waals surface area contributed by atoms with Crippen LogP contribution in [0, 0.1) is 6.92 Å². The molecule has 0 aromatic heterocycles. The van der Waals surface area contributed by atoms with Crippen LogP contribution in [0.4, 0.5) is 5.69 Å². The Kier molecular flexibility index (Phi) is 7.67. The molecule has 0 saturated heterocycles. The number of aryl methyl sites for hydroxylation is 1. The Morgan fingerprint density at radius 2 is 1.71 bits per heavy atom. The zero-order chi connectivity index (χ0) is 22.2. The summed E-state index contributed by atoms with van der Waals surface area (Å²) in [4.78, 5) is 25.5. The molecule has 0 saturated carbocycles. The number of halogens is 1. The summed E-state index contributed by atoms with van der Waals surface area (Å²) >= 11 is 3.34. The van der Waals surface area contributed by atoms with Crippen LogP contribution in [0.15, 0.2) is 77.3 Å². The molecule has 0 bridgehead atoms. The average molecular weight is 484 g/mol. The van der Waals surface area contributed by atoms with E-state index < -0.39 is 18.0 Å². The normalized spacial score (nSPS) is 11.3. The Bertz CT molecular complexity index is 1040. The fourth-order valence-electron chi connectivity index (χ4n) is 2.86. The zero-order valence-electron chi connectivity index (χ0n) is 17.1. The zero-order valence-corrected chi connectivity index (χ0v) is 18.7. The molecule has 1 amide bonds. The van der Waals surface area contributed by atoms with Crippen molar-refractivity contribution in [1.82, 2.24) is 0 Å². The molecule has 3 aromatic rings. The van der Waals surface area contributed by atoms with Crippen molar-refractivity contribution in [3.8, 4) is 11.5 Å².